The van der Waals surface area contributed by atoms with Gasteiger partial charge in [-0.3, -0.25) is 4.79 Å². The zero-order valence-corrected chi connectivity index (χ0v) is 12.7. The van der Waals surface area contributed by atoms with Crippen molar-refractivity contribution in [1.29, 1.82) is 0 Å². The van der Waals surface area contributed by atoms with Crippen molar-refractivity contribution >= 4 is 17.5 Å². The Morgan fingerprint density at radius 3 is 2.86 bits per heavy atom. The quantitative estimate of drug-likeness (QED) is 0.804. The highest BCUT2D eigenvalue weighted by molar-refractivity contribution is 6.32. The number of hydrogen-bond donors (Lipinski definition) is 2. The van der Waals surface area contributed by atoms with Crippen molar-refractivity contribution in [2.75, 3.05) is 13.1 Å². The molecular formula is C15H19ClN4O. The highest BCUT2D eigenvalue weighted by atomic mass is 35.5. The SMILES string of the molecule is Cc1c(C(=O)NCCCCN)cnn1-c1ccccc1Cl. The van der Waals surface area contributed by atoms with E-state index < -0.39 is 0 Å². The molecule has 112 valence electrons. The Morgan fingerprint density at radius 1 is 1.38 bits per heavy atom. The second kappa shape index (κ2) is 7.24. The predicted molar refractivity (Wildman–Crippen MR) is 83.9 cm³/mol. The molecule has 0 radical (unpaired) electrons. The number of halogens is 1. The summed E-state index contributed by atoms with van der Waals surface area (Å²) in [6.07, 6.45) is 3.34. The molecule has 5 nitrogen and oxygen atoms in total. The summed E-state index contributed by atoms with van der Waals surface area (Å²) < 4.78 is 1.68. The Kier molecular flexibility index (Phi) is 5.36. The van der Waals surface area contributed by atoms with E-state index in [0.29, 0.717) is 23.7 Å². The average Bonchev–Trinajstić information content (AvgIpc) is 2.86. The predicted octanol–water partition coefficient (Wildman–Crippen LogP) is 2.30. The molecule has 3 N–H and O–H groups in total. The molecule has 0 saturated carbocycles. The van der Waals surface area contributed by atoms with Gasteiger partial charge in [-0.2, -0.15) is 5.10 Å². The first-order chi connectivity index (χ1) is 10.1. The van der Waals surface area contributed by atoms with Gasteiger partial charge in [0.25, 0.3) is 5.91 Å². The Hall–Kier alpha value is -1.85. The molecule has 0 spiro atoms. The summed E-state index contributed by atoms with van der Waals surface area (Å²) >= 11 is 6.16. The third kappa shape index (κ3) is 3.62. The van der Waals surface area contributed by atoms with Gasteiger partial charge in [-0.25, -0.2) is 4.68 Å². The van der Waals surface area contributed by atoms with E-state index in [1.54, 1.807) is 16.9 Å². The van der Waals surface area contributed by atoms with Gasteiger partial charge in [-0.05, 0) is 38.4 Å². The first-order valence-electron chi connectivity index (χ1n) is 6.93. The van der Waals surface area contributed by atoms with Crippen LogP contribution in [0.15, 0.2) is 30.5 Å². The van der Waals surface area contributed by atoms with E-state index in [-0.39, 0.29) is 5.91 Å². The van der Waals surface area contributed by atoms with Gasteiger partial charge in [-0.1, -0.05) is 23.7 Å². The number of para-hydroxylation sites is 1. The van der Waals surface area contributed by atoms with Gasteiger partial charge in [0.2, 0.25) is 0 Å². The van der Waals surface area contributed by atoms with Gasteiger partial charge < -0.3 is 11.1 Å². The minimum atomic E-state index is -0.122. The molecule has 0 atom stereocenters. The number of aromatic nitrogens is 2. The zero-order chi connectivity index (χ0) is 15.2. The standard InChI is InChI=1S/C15H19ClN4O/c1-11-12(15(21)18-9-5-4-8-17)10-19-20(11)14-7-3-2-6-13(14)16/h2-3,6-7,10H,4-5,8-9,17H2,1H3,(H,18,21). The van der Waals surface area contributed by atoms with Crippen LogP contribution < -0.4 is 11.1 Å². The van der Waals surface area contributed by atoms with Gasteiger partial charge >= 0.3 is 0 Å². The van der Waals surface area contributed by atoms with E-state index in [1.807, 2.05) is 25.1 Å². The normalized spacial score (nSPS) is 10.6. The van der Waals surface area contributed by atoms with Crippen LogP contribution in [0.1, 0.15) is 28.9 Å². The molecule has 1 aromatic carbocycles. The third-order valence-corrected chi connectivity index (χ3v) is 3.57. The molecule has 0 saturated heterocycles. The number of benzene rings is 1. The molecule has 0 bridgehead atoms. The lowest BCUT2D eigenvalue weighted by molar-refractivity contribution is 0.0952. The van der Waals surface area contributed by atoms with Crippen LogP contribution in [0.5, 0.6) is 0 Å². The lowest BCUT2D eigenvalue weighted by Gasteiger charge is -2.07. The molecule has 2 rings (SSSR count). The van der Waals surface area contributed by atoms with Crippen molar-refractivity contribution in [3.05, 3.63) is 46.7 Å². The number of rotatable bonds is 6. The summed E-state index contributed by atoms with van der Waals surface area (Å²) in [6.45, 7) is 3.11. The summed E-state index contributed by atoms with van der Waals surface area (Å²) in [4.78, 5) is 12.1. The Morgan fingerprint density at radius 2 is 2.14 bits per heavy atom. The molecule has 1 aromatic heterocycles. The van der Waals surface area contributed by atoms with Crippen LogP contribution in [0.25, 0.3) is 5.69 Å². The zero-order valence-electron chi connectivity index (χ0n) is 12.0. The van der Waals surface area contributed by atoms with Crippen molar-refractivity contribution in [1.82, 2.24) is 15.1 Å². The number of amides is 1. The number of hydrogen-bond acceptors (Lipinski definition) is 3. The summed E-state index contributed by atoms with van der Waals surface area (Å²) in [5.41, 5.74) is 7.51. The molecule has 21 heavy (non-hydrogen) atoms. The van der Waals surface area contributed by atoms with Crippen LogP contribution in [-0.2, 0) is 0 Å². The fraction of sp³-hybridized carbons (Fsp3) is 0.333. The molecule has 2 aromatic rings. The number of carbonyl (C=O) groups is 1. The summed E-state index contributed by atoms with van der Waals surface area (Å²) in [6, 6.07) is 7.40. The molecular weight excluding hydrogens is 288 g/mol. The number of nitrogens with zero attached hydrogens (tertiary/aromatic N) is 2. The number of carbonyl (C=O) groups excluding carboxylic acids is 1. The molecule has 0 aliphatic rings. The molecule has 0 aliphatic heterocycles. The van der Waals surface area contributed by atoms with Crippen molar-refractivity contribution in [2.45, 2.75) is 19.8 Å². The Balaban J connectivity index is 2.14. The lowest BCUT2D eigenvalue weighted by Crippen LogP contribution is -2.25. The first-order valence-corrected chi connectivity index (χ1v) is 7.30. The summed E-state index contributed by atoms with van der Waals surface area (Å²) in [5.74, 6) is -0.122. The summed E-state index contributed by atoms with van der Waals surface area (Å²) in [5, 5.41) is 7.73. The summed E-state index contributed by atoms with van der Waals surface area (Å²) in [7, 11) is 0. The van der Waals surface area contributed by atoms with Gasteiger partial charge in [0, 0.05) is 6.54 Å². The maximum Gasteiger partial charge on any atom is 0.254 e. The van der Waals surface area contributed by atoms with E-state index in [9.17, 15) is 4.79 Å². The topological polar surface area (TPSA) is 72.9 Å². The second-order valence-corrected chi connectivity index (χ2v) is 5.17. The largest absolute Gasteiger partial charge is 0.352 e. The number of unbranched alkanes of at least 4 members (excludes halogenated alkanes) is 1. The maximum atomic E-state index is 12.1. The molecule has 1 amide bonds. The molecule has 0 fully saturated rings. The number of nitrogens with one attached hydrogen (secondary N) is 1. The smallest absolute Gasteiger partial charge is 0.254 e. The van der Waals surface area contributed by atoms with Crippen LogP contribution in [0, 0.1) is 6.92 Å². The monoisotopic (exact) mass is 306 g/mol. The molecule has 1 heterocycles. The Bertz CT molecular complexity index is 624. The van der Waals surface area contributed by atoms with Crippen LogP contribution in [0.4, 0.5) is 0 Å². The van der Waals surface area contributed by atoms with Gasteiger partial charge in [0.15, 0.2) is 0 Å². The van der Waals surface area contributed by atoms with E-state index in [4.69, 9.17) is 17.3 Å². The minimum Gasteiger partial charge on any atom is -0.352 e. The van der Waals surface area contributed by atoms with Gasteiger partial charge in [-0.15, -0.1) is 0 Å². The van der Waals surface area contributed by atoms with E-state index in [1.165, 1.54) is 0 Å². The highest BCUT2D eigenvalue weighted by Gasteiger charge is 2.15. The minimum absolute atomic E-state index is 0.122. The van der Waals surface area contributed by atoms with Gasteiger partial charge in [0.1, 0.15) is 0 Å². The van der Waals surface area contributed by atoms with E-state index >= 15 is 0 Å². The first kappa shape index (κ1) is 15.5. The Labute approximate surface area is 129 Å². The van der Waals surface area contributed by atoms with Crippen molar-refractivity contribution < 1.29 is 4.79 Å². The van der Waals surface area contributed by atoms with Crippen LogP contribution >= 0.6 is 11.6 Å². The van der Waals surface area contributed by atoms with Crippen LogP contribution in [0.2, 0.25) is 5.02 Å². The van der Waals surface area contributed by atoms with Gasteiger partial charge in [0.05, 0.1) is 28.2 Å². The van der Waals surface area contributed by atoms with E-state index in [2.05, 4.69) is 10.4 Å². The van der Waals surface area contributed by atoms with Crippen LogP contribution in [-0.4, -0.2) is 28.8 Å². The third-order valence-electron chi connectivity index (χ3n) is 3.25. The maximum absolute atomic E-state index is 12.1. The molecule has 0 aliphatic carbocycles. The van der Waals surface area contributed by atoms with Crippen molar-refractivity contribution in [2.24, 2.45) is 5.73 Å². The van der Waals surface area contributed by atoms with Crippen molar-refractivity contribution in [3.63, 3.8) is 0 Å². The molecule has 6 heteroatoms. The fourth-order valence-electron chi connectivity index (χ4n) is 2.07. The van der Waals surface area contributed by atoms with Crippen LogP contribution in [0.3, 0.4) is 0 Å². The molecule has 0 unspecified atom stereocenters. The second-order valence-electron chi connectivity index (χ2n) is 4.76. The highest BCUT2D eigenvalue weighted by Crippen LogP contribution is 2.21. The fourth-order valence-corrected chi connectivity index (χ4v) is 2.28. The average molecular weight is 307 g/mol. The van der Waals surface area contributed by atoms with Crippen molar-refractivity contribution in [3.8, 4) is 5.69 Å². The van der Waals surface area contributed by atoms with E-state index in [0.717, 1.165) is 24.2 Å². The number of nitrogens with two attached hydrogens (primary N) is 1. The lowest BCUT2D eigenvalue weighted by atomic mass is 10.2.